The van der Waals surface area contributed by atoms with Crippen LogP contribution < -0.4 is 10.2 Å². The van der Waals surface area contributed by atoms with Gasteiger partial charge in [-0.3, -0.25) is 4.79 Å². The lowest BCUT2D eigenvalue weighted by atomic mass is 9.79. The number of nitrogens with one attached hydrogen (secondary N) is 1. The molecule has 0 bridgehead atoms. The van der Waals surface area contributed by atoms with E-state index in [2.05, 4.69) is 44.6 Å². The molecular formula is C22H23N5O2. The molecule has 148 valence electrons. The van der Waals surface area contributed by atoms with Gasteiger partial charge in [-0.05, 0) is 43.2 Å². The maximum absolute atomic E-state index is 13.3. The monoisotopic (exact) mass is 389 g/mol. The Hall–Kier alpha value is -3.35. The normalized spacial score (nSPS) is 20.9. The number of rotatable bonds is 3. The van der Waals surface area contributed by atoms with Gasteiger partial charge in [-0.15, -0.1) is 0 Å². The first-order valence-corrected chi connectivity index (χ1v) is 9.78. The minimum absolute atomic E-state index is 0.0380. The highest BCUT2D eigenvalue weighted by atomic mass is 16.3. The van der Waals surface area contributed by atoms with E-state index in [0.29, 0.717) is 24.6 Å². The van der Waals surface area contributed by atoms with Gasteiger partial charge >= 0.3 is 0 Å². The van der Waals surface area contributed by atoms with Gasteiger partial charge in [-0.1, -0.05) is 12.1 Å². The van der Waals surface area contributed by atoms with E-state index in [1.54, 1.807) is 6.26 Å². The van der Waals surface area contributed by atoms with E-state index in [0.717, 1.165) is 28.3 Å². The van der Waals surface area contributed by atoms with Crippen molar-refractivity contribution in [2.45, 2.75) is 31.7 Å². The number of carbonyl (C=O) groups is 1. The largest absolute Gasteiger partial charge is 0.469 e. The Bertz CT molecular complexity index is 1090. The summed E-state index contributed by atoms with van der Waals surface area (Å²) < 4.78 is 7.42. The molecule has 2 aliphatic rings. The van der Waals surface area contributed by atoms with E-state index in [-0.39, 0.29) is 17.7 Å². The molecule has 1 aliphatic heterocycles. The van der Waals surface area contributed by atoms with Gasteiger partial charge in [0.25, 0.3) is 0 Å². The number of anilines is 2. The third-order valence-corrected chi connectivity index (χ3v) is 5.70. The van der Waals surface area contributed by atoms with Crippen molar-refractivity contribution in [3.63, 3.8) is 0 Å². The summed E-state index contributed by atoms with van der Waals surface area (Å²) in [6, 6.07) is 11.8. The van der Waals surface area contributed by atoms with E-state index in [4.69, 9.17) is 4.42 Å². The summed E-state index contributed by atoms with van der Waals surface area (Å²) in [7, 11) is 4.02. The number of carbonyl (C=O) groups excluding carboxylic acids is 1. The number of ketones is 1. The average Bonchev–Trinajstić information content (AvgIpc) is 3.35. The minimum atomic E-state index is -0.274. The summed E-state index contributed by atoms with van der Waals surface area (Å²) in [5.74, 6) is 2.37. The Balaban J connectivity index is 1.60. The maximum atomic E-state index is 13.3. The van der Waals surface area contributed by atoms with Gasteiger partial charge < -0.3 is 14.6 Å². The van der Waals surface area contributed by atoms with Crippen molar-refractivity contribution < 1.29 is 9.21 Å². The smallest absolute Gasteiger partial charge is 0.226 e. The van der Waals surface area contributed by atoms with E-state index >= 15 is 0 Å². The highest BCUT2D eigenvalue weighted by Crippen LogP contribution is 2.44. The fraction of sp³-hybridized carbons (Fsp3) is 0.318. The van der Waals surface area contributed by atoms with Gasteiger partial charge in [-0.2, -0.15) is 10.1 Å². The van der Waals surface area contributed by atoms with Crippen LogP contribution in [0.4, 0.5) is 11.6 Å². The lowest BCUT2D eigenvalue weighted by molar-refractivity contribution is -0.117. The van der Waals surface area contributed by atoms with Crippen LogP contribution in [-0.2, 0) is 4.79 Å². The molecule has 1 aromatic carbocycles. The predicted molar refractivity (Wildman–Crippen MR) is 110 cm³/mol. The number of Topliss-reactive ketones (excluding diaryl/α,β-unsaturated/α-hetero) is 1. The molecule has 1 N–H and O–H groups in total. The molecule has 7 nitrogen and oxygen atoms in total. The summed E-state index contributed by atoms with van der Waals surface area (Å²) in [6.45, 7) is 1.87. The van der Waals surface area contributed by atoms with Gasteiger partial charge in [-0.25, -0.2) is 4.68 Å². The second kappa shape index (κ2) is 6.62. The van der Waals surface area contributed by atoms with E-state index in [1.807, 2.05) is 37.8 Å². The molecule has 0 fully saturated rings. The first kappa shape index (κ1) is 17.7. The number of aryl methyl sites for hydroxylation is 1. The Morgan fingerprint density at radius 3 is 2.66 bits per heavy atom. The molecule has 3 aromatic rings. The Kier molecular flexibility index (Phi) is 4.04. The van der Waals surface area contributed by atoms with Crippen LogP contribution in [0.15, 0.2) is 58.3 Å². The van der Waals surface area contributed by atoms with Crippen molar-refractivity contribution in [2.75, 3.05) is 24.3 Å². The van der Waals surface area contributed by atoms with E-state index in [9.17, 15) is 4.79 Å². The van der Waals surface area contributed by atoms with Crippen molar-refractivity contribution in [1.29, 1.82) is 0 Å². The zero-order valence-corrected chi connectivity index (χ0v) is 16.7. The van der Waals surface area contributed by atoms with Crippen molar-refractivity contribution in [2.24, 2.45) is 0 Å². The quantitative estimate of drug-likeness (QED) is 0.737. The molecule has 2 aromatic heterocycles. The third kappa shape index (κ3) is 2.93. The zero-order valence-electron chi connectivity index (χ0n) is 16.7. The standard InChI is InChI=1S/C22H23N5O2/c1-13-23-22-24-17-11-15(19-5-4-10-29-19)12-18(28)20(17)21(27(22)25-13)14-6-8-16(9-7-14)26(2)3/h4-10,15,21H,11-12H2,1-3H3,(H,23,24,25)/t15-,21-/m1/s1. The fourth-order valence-electron chi connectivity index (χ4n) is 4.31. The second-order valence-electron chi connectivity index (χ2n) is 7.88. The van der Waals surface area contributed by atoms with Gasteiger partial charge in [0.1, 0.15) is 17.6 Å². The molecule has 0 unspecified atom stereocenters. The number of hydrogen-bond donors (Lipinski definition) is 1. The number of nitrogens with zero attached hydrogens (tertiary/aromatic N) is 4. The molecule has 1 aliphatic carbocycles. The fourth-order valence-corrected chi connectivity index (χ4v) is 4.31. The first-order chi connectivity index (χ1) is 14.0. The summed E-state index contributed by atoms with van der Waals surface area (Å²) in [6.07, 6.45) is 2.81. The van der Waals surface area contributed by atoms with Crippen LogP contribution in [0.3, 0.4) is 0 Å². The number of allylic oxidation sites excluding steroid dienone is 2. The molecule has 0 amide bonds. The second-order valence-corrected chi connectivity index (χ2v) is 7.88. The van der Waals surface area contributed by atoms with Crippen molar-refractivity contribution in [3.8, 4) is 0 Å². The number of aromatic nitrogens is 3. The zero-order chi connectivity index (χ0) is 20.1. The Morgan fingerprint density at radius 1 is 1.17 bits per heavy atom. The lowest BCUT2D eigenvalue weighted by Crippen LogP contribution is -2.33. The Morgan fingerprint density at radius 2 is 1.97 bits per heavy atom. The molecule has 0 radical (unpaired) electrons. The van der Waals surface area contributed by atoms with Crippen LogP contribution in [0.5, 0.6) is 0 Å². The van der Waals surface area contributed by atoms with Gasteiger partial charge in [0, 0.05) is 43.4 Å². The molecule has 3 heterocycles. The summed E-state index contributed by atoms with van der Waals surface area (Å²) in [4.78, 5) is 19.9. The predicted octanol–water partition coefficient (Wildman–Crippen LogP) is 3.66. The molecule has 0 saturated heterocycles. The number of hydrogen-bond acceptors (Lipinski definition) is 6. The first-order valence-electron chi connectivity index (χ1n) is 9.78. The molecule has 2 atom stereocenters. The third-order valence-electron chi connectivity index (χ3n) is 5.70. The maximum Gasteiger partial charge on any atom is 0.226 e. The van der Waals surface area contributed by atoms with Crippen LogP contribution in [0.1, 0.15) is 41.9 Å². The summed E-state index contributed by atoms with van der Waals surface area (Å²) in [5.41, 5.74) is 3.84. The van der Waals surface area contributed by atoms with E-state index in [1.165, 1.54) is 0 Å². The number of benzene rings is 1. The number of furan rings is 1. The number of fused-ring (bicyclic) bond motifs is 1. The lowest BCUT2D eigenvalue weighted by Gasteiger charge is -2.34. The van der Waals surface area contributed by atoms with Crippen LogP contribution in [0, 0.1) is 6.92 Å². The van der Waals surface area contributed by atoms with Gasteiger partial charge in [0.15, 0.2) is 5.78 Å². The topological polar surface area (TPSA) is 76.2 Å². The van der Waals surface area contributed by atoms with Gasteiger partial charge in [0.05, 0.1) is 6.26 Å². The molecule has 7 heteroatoms. The van der Waals surface area contributed by atoms with E-state index < -0.39 is 0 Å². The van der Waals surface area contributed by atoms with Crippen LogP contribution in [0.2, 0.25) is 0 Å². The van der Waals surface area contributed by atoms with Gasteiger partial charge in [0.2, 0.25) is 5.95 Å². The highest BCUT2D eigenvalue weighted by Gasteiger charge is 2.40. The average molecular weight is 389 g/mol. The van der Waals surface area contributed by atoms with Crippen molar-refractivity contribution in [3.05, 3.63) is 71.1 Å². The summed E-state index contributed by atoms with van der Waals surface area (Å²) in [5, 5.41) is 7.96. The van der Waals surface area contributed by atoms with Crippen molar-refractivity contribution in [1.82, 2.24) is 14.8 Å². The molecule has 0 spiro atoms. The van der Waals surface area contributed by atoms with Crippen LogP contribution >= 0.6 is 0 Å². The molecule has 5 rings (SSSR count). The van der Waals surface area contributed by atoms with Crippen molar-refractivity contribution >= 4 is 17.4 Å². The highest BCUT2D eigenvalue weighted by molar-refractivity contribution is 6.00. The molecule has 0 saturated carbocycles. The molecular weight excluding hydrogens is 366 g/mol. The Labute approximate surface area is 169 Å². The molecule has 29 heavy (non-hydrogen) atoms. The van der Waals surface area contributed by atoms with Crippen LogP contribution in [-0.4, -0.2) is 34.6 Å². The van der Waals surface area contributed by atoms with Crippen LogP contribution in [0.25, 0.3) is 0 Å². The SMILES string of the molecule is Cc1nc2n(n1)[C@H](c1ccc(N(C)C)cc1)C1=C(C[C@@H](c3ccco3)CC1=O)N2. The minimum Gasteiger partial charge on any atom is -0.469 e. The summed E-state index contributed by atoms with van der Waals surface area (Å²) >= 11 is 0.